The smallest absolute Gasteiger partial charge is 0.225 e. The molecule has 0 saturated carbocycles. The van der Waals surface area contributed by atoms with Crippen LogP contribution in [0.15, 0.2) is 24.3 Å². The highest BCUT2D eigenvalue weighted by atomic mass is 16.5. The number of unbranched alkanes of at least 4 members (excludes halogenated alkanes) is 2. The van der Waals surface area contributed by atoms with Gasteiger partial charge < -0.3 is 19.9 Å². The maximum atomic E-state index is 13.3. The van der Waals surface area contributed by atoms with Gasteiger partial charge in [-0.2, -0.15) is 0 Å². The predicted molar refractivity (Wildman–Crippen MR) is 132 cm³/mol. The van der Waals surface area contributed by atoms with Crippen LogP contribution in [-0.4, -0.2) is 61.4 Å². The molecular weight excluding hydrogens is 414 g/mol. The second-order valence-corrected chi connectivity index (χ2v) is 9.79. The number of hydrogen-bond donors (Lipinski definition) is 1. The van der Waals surface area contributed by atoms with Gasteiger partial charge in [0.15, 0.2) is 0 Å². The number of para-hydroxylation sites is 1. The van der Waals surface area contributed by atoms with E-state index in [2.05, 4.69) is 24.1 Å². The fraction of sp³-hybridized carbons (Fsp3) is 0.704. The van der Waals surface area contributed by atoms with Crippen LogP contribution in [0.4, 0.5) is 0 Å². The van der Waals surface area contributed by atoms with Crippen molar-refractivity contribution < 1.29 is 14.3 Å². The molecule has 6 heteroatoms. The molecule has 2 unspecified atom stereocenters. The number of hydrogen-bond acceptors (Lipinski definition) is 4. The Hall–Kier alpha value is -2.08. The molecule has 0 aromatic heterocycles. The maximum Gasteiger partial charge on any atom is 0.225 e. The molecule has 3 rings (SSSR count). The number of nitrogens with one attached hydrogen (secondary N) is 1. The molecule has 1 aromatic rings. The van der Waals surface area contributed by atoms with E-state index in [-0.39, 0.29) is 23.8 Å². The lowest BCUT2D eigenvalue weighted by atomic mass is 9.83. The summed E-state index contributed by atoms with van der Waals surface area (Å²) in [4.78, 5) is 30.7. The first kappa shape index (κ1) is 25.5. The van der Waals surface area contributed by atoms with Crippen molar-refractivity contribution in [2.45, 2.75) is 71.3 Å². The first-order valence-corrected chi connectivity index (χ1v) is 13.0. The van der Waals surface area contributed by atoms with E-state index < -0.39 is 0 Å². The Morgan fingerprint density at radius 1 is 1.09 bits per heavy atom. The zero-order valence-corrected chi connectivity index (χ0v) is 20.9. The fourth-order valence-corrected chi connectivity index (χ4v) is 5.20. The number of methoxy groups -OCH3 is 1. The molecule has 0 aliphatic carbocycles. The lowest BCUT2D eigenvalue weighted by Crippen LogP contribution is -2.48. The molecule has 2 aliphatic rings. The number of piperidine rings is 2. The van der Waals surface area contributed by atoms with Gasteiger partial charge in [-0.15, -0.1) is 0 Å². The van der Waals surface area contributed by atoms with Crippen molar-refractivity contribution in [3.63, 3.8) is 0 Å². The minimum atomic E-state index is -0.274. The highest BCUT2D eigenvalue weighted by molar-refractivity contribution is 5.85. The predicted octanol–water partition coefficient (Wildman–Crippen LogP) is 4.40. The summed E-state index contributed by atoms with van der Waals surface area (Å²) < 4.78 is 5.62. The number of likely N-dealkylation sites (tertiary alicyclic amines) is 2. The van der Waals surface area contributed by atoms with Crippen molar-refractivity contribution in [1.82, 2.24) is 15.1 Å². The SMILES string of the molecule is CCCCN1C(=O)CCC(C(=O)NCCCCN2CCC(C)CC2)C1c1ccccc1OC. The summed E-state index contributed by atoms with van der Waals surface area (Å²) in [5.74, 6) is 1.55. The van der Waals surface area contributed by atoms with Crippen molar-refractivity contribution >= 4 is 11.8 Å². The lowest BCUT2D eigenvalue weighted by molar-refractivity contribution is -0.143. The van der Waals surface area contributed by atoms with Gasteiger partial charge in [-0.1, -0.05) is 38.5 Å². The van der Waals surface area contributed by atoms with Crippen LogP contribution in [0.1, 0.15) is 76.8 Å². The largest absolute Gasteiger partial charge is 0.496 e. The van der Waals surface area contributed by atoms with Crippen LogP contribution >= 0.6 is 0 Å². The Labute approximate surface area is 200 Å². The summed E-state index contributed by atoms with van der Waals surface area (Å²) in [6.45, 7) is 9.37. The Kier molecular flexibility index (Phi) is 10.0. The number of carbonyl (C=O) groups is 2. The van der Waals surface area contributed by atoms with Crippen molar-refractivity contribution in [3.05, 3.63) is 29.8 Å². The van der Waals surface area contributed by atoms with E-state index in [1.54, 1.807) is 7.11 Å². The number of nitrogens with zero attached hydrogens (tertiary/aromatic N) is 2. The van der Waals surface area contributed by atoms with Gasteiger partial charge in [-0.05, 0) is 70.1 Å². The third kappa shape index (κ3) is 6.95. The number of ether oxygens (including phenoxy) is 1. The topological polar surface area (TPSA) is 61.9 Å². The number of carbonyl (C=O) groups excluding carboxylic acids is 2. The Bertz CT molecular complexity index is 761. The zero-order chi connectivity index (χ0) is 23.6. The lowest BCUT2D eigenvalue weighted by Gasteiger charge is -2.41. The Morgan fingerprint density at radius 3 is 2.58 bits per heavy atom. The molecule has 33 heavy (non-hydrogen) atoms. The van der Waals surface area contributed by atoms with Gasteiger partial charge in [0.25, 0.3) is 0 Å². The Balaban J connectivity index is 1.61. The van der Waals surface area contributed by atoms with Crippen LogP contribution in [0.2, 0.25) is 0 Å². The van der Waals surface area contributed by atoms with Gasteiger partial charge in [0.1, 0.15) is 5.75 Å². The van der Waals surface area contributed by atoms with Gasteiger partial charge in [0.2, 0.25) is 11.8 Å². The van der Waals surface area contributed by atoms with E-state index in [9.17, 15) is 9.59 Å². The summed E-state index contributed by atoms with van der Waals surface area (Å²) in [5, 5.41) is 3.19. The summed E-state index contributed by atoms with van der Waals surface area (Å²) in [6, 6.07) is 7.54. The molecule has 2 heterocycles. The van der Waals surface area contributed by atoms with Gasteiger partial charge in [0.05, 0.1) is 19.1 Å². The molecule has 184 valence electrons. The Morgan fingerprint density at radius 2 is 1.85 bits per heavy atom. The highest BCUT2D eigenvalue weighted by Crippen LogP contribution is 2.40. The van der Waals surface area contributed by atoms with E-state index >= 15 is 0 Å². The van der Waals surface area contributed by atoms with Gasteiger partial charge in [-0.3, -0.25) is 9.59 Å². The monoisotopic (exact) mass is 457 g/mol. The normalized spacial score (nSPS) is 22.4. The molecule has 2 aliphatic heterocycles. The molecule has 2 atom stereocenters. The molecular formula is C27H43N3O3. The van der Waals surface area contributed by atoms with Crippen LogP contribution in [0.25, 0.3) is 0 Å². The average molecular weight is 458 g/mol. The second-order valence-electron chi connectivity index (χ2n) is 9.79. The molecule has 0 radical (unpaired) electrons. The van der Waals surface area contributed by atoms with Gasteiger partial charge in [-0.25, -0.2) is 0 Å². The van der Waals surface area contributed by atoms with Gasteiger partial charge in [0, 0.05) is 25.1 Å². The number of benzene rings is 1. The fourth-order valence-electron chi connectivity index (χ4n) is 5.20. The van der Waals surface area contributed by atoms with E-state index in [4.69, 9.17) is 4.74 Å². The van der Waals surface area contributed by atoms with Crippen molar-refractivity contribution in [2.75, 3.05) is 39.8 Å². The molecule has 0 spiro atoms. The standard InChI is InChI=1S/C27H43N3O3/c1-4-5-18-30-25(31)13-12-23(26(30)22-10-6-7-11-24(22)33-3)27(32)28-16-8-9-17-29-19-14-21(2)15-20-29/h6-7,10-11,21,23,26H,4-5,8-9,12-20H2,1-3H3,(H,28,32). The minimum absolute atomic E-state index is 0.0618. The molecule has 2 saturated heterocycles. The van der Waals surface area contributed by atoms with E-state index in [0.717, 1.165) is 49.5 Å². The summed E-state index contributed by atoms with van der Waals surface area (Å²) in [5.41, 5.74) is 0.934. The van der Waals surface area contributed by atoms with Crippen LogP contribution in [0, 0.1) is 11.8 Å². The third-order valence-corrected chi connectivity index (χ3v) is 7.33. The molecule has 1 N–H and O–H groups in total. The van der Waals surface area contributed by atoms with Crippen molar-refractivity contribution in [3.8, 4) is 5.75 Å². The number of rotatable bonds is 11. The minimum Gasteiger partial charge on any atom is -0.496 e. The van der Waals surface area contributed by atoms with Crippen molar-refractivity contribution in [2.24, 2.45) is 11.8 Å². The summed E-state index contributed by atoms with van der Waals surface area (Å²) in [7, 11) is 1.65. The summed E-state index contributed by atoms with van der Waals surface area (Å²) in [6.07, 6.45) is 7.66. The zero-order valence-electron chi connectivity index (χ0n) is 20.9. The third-order valence-electron chi connectivity index (χ3n) is 7.33. The molecule has 6 nitrogen and oxygen atoms in total. The molecule has 0 bridgehead atoms. The van der Waals surface area contributed by atoms with Gasteiger partial charge >= 0.3 is 0 Å². The molecule has 2 fully saturated rings. The van der Waals surface area contributed by atoms with Crippen LogP contribution in [0.5, 0.6) is 5.75 Å². The molecule has 1 aromatic carbocycles. The average Bonchev–Trinajstić information content (AvgIpc) is 2.83. The highest BCUT2D eigenvalue weighted by Gasteiger charge is 2.41. The van der Waals surface area contributed by atoms with E-state index in [1.807, 2.05) is 29.2 Å². The first-order chi connectivity index (χ1) is 16.0. The van der Waals surface area contributed by atoms with Crippen LogP contribution in [-0.2, 0) is 9.59 Å². The van der Waals surface area contributed by atoms with E-state index in [1.165, 1.54) is 25.9 Å². The maximum absolute atomic E-state index is 13.3. The van der Waals surface area contributed by atoms with Crippen LogP contribution < -0.4 is 10.1 Å². The quantitative estimate of drug-likeness (QED) is 0.500. The van der Waals surface area contributed by atoms with E-state index in [0.29, 0.717) is 25.9 Å². The molecule has 2 amide bonds. The summed E-state index contributed by atoms with van der Waals surface area (Å²) >= 11 is 0. The second kappa shape index (κ2) is 13.0. The van der Waals surface area contributed by atoms with Crippen LogP contribution in [0.3, 0.4) is 0 Å². The van der Waals surface area contributed by atoms with Crippen molar-refractivity contribution in [1.29, 1.82) is 0 Å². The number of amides is 2. The first-order valence-electron chi connectivity index (χ1n) is 13.0.